The molecule has 6 heteroatoms. The van der Waals surface area contributed by atoms with Gasteiger partial charge < -0.3 is 10.6 Å². The Bertz CT molecular complexity index is 364. The van der Waals surface area contributed by atoms with Gasteiger partial charge in [-0.25, -0.2) is 0 Å². The molecule has 122 valence electrons. The van der Waals surface area contributed by atoms with Crippen LogP contribution in [-0.2, 0) is 4.79 Å². The molecule has 0 bridgehead atoms. The molecule has 0 aromatic carbocycles. The first kappa shape index (κ1) is 16.6. The highest BCUT2D eigenvalue weighted by Gasteiger charge is 2.43. The summed E-state index contributed by atoms with van der Waals surface area (Å²) in [5, 5.41) is 0. The van der Waals surface area contributed by atoms with Gasteiger partial charge in [0.05, 0.1) is 5.92 Å². The van der Waals surface area contributed by atoms with Crippen molar-refractivity contribution in [3.05, 3.63) is 0 Å². The third-order valence-electron chi connectivity index (χ3n) is 5.17. The molecule has 0 spiro atoms. The molecule has 0 aromatic heterocycles. The van der Waals surface area contributed by atoms with Crippen LogP contribution in [0, 0.1) is 11.8 Å². The summed E-state index contributed by atoms with van der Waals surface area (Å²) in [4.78, 5) is 14.2. The van der Waals surface area contributed by atoms with Crippen LogP contribution in [0.15, 0.2) is 0 Å². The summed E-state index contributed by atoms with van der Waals surface area (Å²) in [5.41, 5.74) is 6.08. The van der Waals surface area contributed by atoms with Gasteiger partial charge in [-0.15, -0.1) is 0 Å². The molecule has 1 amide bonds. The van der Waals surface area contributed by atoms with Crippen molar-refractivity contribution in [3.8, 4) is 0 Å². The van der Waals surface area contributed by atoms with Crippen molar-refractivity contribution in [2.45, 2.75) is 69.6 Å². The Labute approximate surface area is 124 Å². The van der Waals surface area contributed by atoms with Gasteiger partial charge in [0.15, 0.2) is 0 Å². The lowest BCUT2D eigenvalue weighted by atomic mass is 9.80. The maximum Gasteiger partial charge on any atom is 0.391 e. The number of rotatable bonds is 2. The topological polar surface area (TPSA) is 46.3 Å². The van der Waals surface area contributed by atoms with Gasteiger partial charge >= 0.3 is 6.18 Å². The van der Waals surface area contributed by atoms with Crippen molar-refractivity contribution in [1.29, 1.82) is 0 Å². The zero-order chi connectivity index (χ0) is 15.6. The molecule has 0 aliphatic heterocycles. The Morgan fingerprint density at radius 1 is 1.05 bits per heavy atom. The molecule has 2 aliphatic rings. The average molecular weight is 306 g/mol. The largest absolute Gasteiger partial charge is 0.391 e. The number of halogens is 3. The van der Waals surface area contributed by atoms with E-state index in [0.717, 1.165) is 25.7 Å². The molecule has 2 atom stereocenters. The molecule has 0 radical (unpaired) electrons. The minimum absolute atomic E-state index is 0.000728. The number of likely N-dealkylation sites (N-methyl/N-ethyl adjacent to an activating group) is 1. The fraction of sp³-hybridized carbons (Fsp3) is 0.933. The molecule has 21 heavy (non-hydrogen) atoms. The number of nitrogens with two attached hydrogens (primary N) is 1. The van der Waals surface area contributed by atoms with E-state index in [0.29, 0.717) is 12.8 Å². The Morgan fingerprint density at radius 3 is 2.14 bits per heavy atom. The molecule has 2 fully saturated rings. The van der Waals surface area contributed by atoms with E-state index in [1.165, 1.54) is 0 Å². The normalized spacial score (nSPS) is 34.5. The number of carbonyl (C=O) groups is 1. The summed E-state index contributed by atoms with van der Waals surface area (Å²) in [6.45, 7) is 0. The molecule has 0 saturated heterocycles. The Morgan fingerprint density at radius 2 is 1.62 bits per heavy atom. The van der Waals surface area contributed by atoms with E-state index >= 15 is 0 Å². The van der Waals surface area contributed by atoms with Gasteiger partial charge in [0.2, 0.25) is 5.91 Å². The molecular formula is C15H25F3N2O. The highest BCUT2D eigenvalue weighted by Crippen LogP contribution is 2.40. The predicted molar refractivity (Wildman–Crippen MR) is 74.5 cm³/mol. The number of nitrogens with zero attached hydrogens (tertiary/aromatic N) is 1. The predicted octanol–water partition coefficient (Wildman–Crippen LogP) is 3.08. The molecule has 2 unspecified atom stereocenters. The van der Waals surface area contributed by atoms with Gasteiger partial charge in [0.25, 0.3) is 0 Å². The van der Waals surface area contributed by atoms with Crippen LogP contribution in [0.25, 0.3) is 0 Å². The molecule has 2 rings (SSSR count). The van der Waals surface area contributed by atoms with Gasteiger partial charge in [-0.1, -0.05) is 12.8 Å². The number of hydrogen-bond acceptors (Lipinski definition) is 2. The first-order chi connectivity index (χ1) is 9.80. The monoisotopic (exact) mass is 306 g/mol. The standard InChI is InChI=1S/C15H25F3N2O/c1-20(13-5-3-2-4-12(13)19)14(21)10-6-8-11(9-7-10)15(16,17)18/h10-13H,2-9,19H2,1H3. The molecule has 0 aromatic rings. The Balaban J connectivity index is 1.89. The Hall–Kier alpha value is -0.780. The average Bonchev–Trinajstić information content (AvgIpc) is 2.45. The highest BCUT2D eigenvalue weighted by atomic mass is 19.4. The smallest absolute Gasteiger partial charge is 0.341 e. The van der Waals surface area contributed by atoms with Crippen LogP contribution in [0.1, 0.15) is 51.4 Å². The second-order valence-electron chi connectivity index (χ2n) is 6.55. The summed E-state index contributed by atoms with van der Waals surface area (Å²) in [5.74, 6) is -1.51. The van der Waals surface area contributed by atoms with Crippen LogP contribution in [-0.4, -0.2) is 36.1 Å². The van der Waals surface area contributed by atoms with Crippen LogP contribution in [0.4, 0.5) is 13.2 Å². The van der Waals surface area contributed by atoms with E-state index in [9.17, 15) is 18.0 Å². The van der Waals surface area contributed by atoms with Gasteiger partial charge in [-0.05, 0) is 38.5 Å². The molecule has 2 aliphatic carbocycles. The van der Waals surface area contributed by atoms with Crippen LogP contribution < -0.4 is 5.73 Å². The second-order valence-corrected chi connectivity index (χ2v) is 6.55. The minimum atomic E-state index is -4.12. The van der Waals surface area contributed by atoms with Gasteiger partial charge in [0, 0.05) is 25.0 Å². The maximum atomic E-state index is 12.7. The van der Waals surface area contributed by atoms with Crippen molar-refractivity contribution in [2.75, 3.05) is 7.05 Å². The Kier molecular flexibility index (Phi) is 5.17. The van der Waals surface area contributed by atoms with Gasteiger partial charge in [-0.2, -0.15) is 13.2 Å². The molecule has 2 N–H and O–H groups in total. The van der Waals surface area contributed by atoms with Crippen molar-refractivity contribution >= 4 is 5.91 Å². The zero-order valence-electron chi connectivity index (χ0n) is 12.5. The maximum absolute atomic E-state index is 12.7. The summed E-state index contributed by atoms with van der Waals surface area (Å²) in [6, 6.07) is 0.0470. The fourth-order valence-corrected chi connectivity index (χ4v) is 3.74. The van der Waals surface area contributed by atoms with E-state index in [-0.39, 0.29) is 36.8 Å². The van der Waals surface area contributed by atoms with Crippen molar-refractivity contribution < 1.29 is 18.0 Å². The summed E-state index contributed by atoms with van der Waals surface area (Å²) in [7, 11) is 1.76. The lowest BCUT2D eigenvalue weighted by Gasteiger charge is -2.39. The fourth-order valence-electron chi connectivity index (χ4n) is 3.74. The molecule has 0 heterocycles. The first-order valence-corrected chi connectivity index (χ1v) is 7.89. The molecular weight excluding hydrogens is 281 g/mol. The van der Waals surface area contributed by atoms with Crippen LogP contribution >= 0.6 is 0 Å². The molecule has 2 saturated carbocycles. The third-order valence-corrected chi connectivity index (χ3v) is 5.17. The SMILES string of the molecule is CN(C(=O)C1CCC(C(F)(F)F)CC1)C1CCCCC1N. The highest BCUT2D eigenvalue weighted by molar-refractivity contribution is 5.79. The third kappa shape index (κ3) is 3.90. The van der Waals surface area contributed by atoms with E-state index < -0.39 is 12.1 Å². The number of amides is 1. The van der Waals surface area contributed by atoms with Gasteiger partial charge in [-0.3, -0.25) is 4.79 Å². The van der Waals surface area contributed by atoms with E-state index in [1.807, 2.05) is 0 Å². The van der Waals surface area contributed by atoms with E-state index in [2.05, 4.69) is 0 Å². The summed E-state index contributed by atoms with van der Waals surface area (Å²) in [6.07, 6.45) is 0.697. The van der Waals surface area contributed by atoms with E-state index in [1.54, 1.807) is 11.9 Å². The minimum Gasteiger partial charge on any atom is -0.341 e. The lowest BCUT2D eigenvalue weighted by molar-refractivity contribution is -0.185. The molecule has 3 nitrogen and oxygen atoms in total. The first-order valence-electron chi connectivity index (χ1n) is 7.89. The lowest BCUT2D eigenvalue weighted by Crippen LogP contribution is -2.52. The van der Waals surface area contributed by atoms with Crippen LogP contribution in [0.3, 0.4) is 0 Å². The zero-order valence-corrected chi connectivity index (χ0v) is 12.5. The second kappa shape index (κ2) is 6.55. The van der Waals surface area contributed by atoms with Crippen molar-refractivity contribution in [1.82, 2.24) is 4.90 Å². The number of alkyl halides is 3. The number of carbonyl (C=O) groups excluding carboxylic acids is 1. The summed E-state index contributed by atoms with van der Waals surface area (Å²) >= 11 is 0. The van der Waals surface area contributed by atoms with Crippen molar-refractivity contribution in [2.24, 2.45) is 17.6 Å². The number of hydrogen-bond donors (Lipinski definition) is 1. The van der Waals surface area contributed by atoms with E-state index in [4.69, 9.17) is 5.73 Å². The summed E-state index contributed by atoms with van der Waals surface area (Å²) < 4.78 is 38.0. The van der Waals surface area contributed by atoms with Crippen molar-refractivity contribution in [3.63, 3.8) is 0 Å². The van der Waals surface area contributed by atoms with Crippen LogP contribution in [0.2, 0.25) is 0 Å². The quantitative estimate of drug-likeness (QED) is 0.852. The van der Waals surface area contributed by atoms with Crippen LogP contribution in [0.5, 0.6) is 0 Å². The van der Waals surface area contributed by atoms with Gasteiger partial charge in [0.1, 0.15) is 0 Å².